The Bertz CT molecular complexity index is 529. The van der Waals surface area contributed by atoms with Crippen LogP contribution >= 0.6 is 0 Å². The van der Waals surface area contributed by atoms with E-state index in [1.54, 1.807) is 0 Å². The van der Waals surface area contributed by atoms with Gasteiger partial charge in [0, 0.05) is 25.7 Å². The lowest BCUT2D eigenvalue weighted by atomic mass is 9.99. The molecular formula is C27H50N2O3. The highest BCUT2D eigenvalue weighted by molar-refractivity contribution is 5.14. The van der Waals surface area contributed by atoms with E-state index in [4.69, 9.17) is 5.73 Å². The molecule has 0 fully saturated rings. The van der Waals surface area contributed by atoms with Crippen LogP contribution in [0.1, 0.15) is 96.0 Å². The minimum Gasteiger partial charge on any atom is -0.395 e. The predicted octanol–water partition coefficient (Wildman–Crippen LogP) is 4.62. The van der Waals surface area contributed by atoms with Crippen molar-refractivity contribution in [2.75, 3.05) is 19.7 Å². The number of rotatable bonds is 21. The van der Waals surface area contributed by atoms with Gasteiger partial charge in [-0.25, -0.2) is 0 Å². The minimum absolute atomic E-state index is 0.0387. The van der Waals surface area contributed by atoms with Gasteiger partial charge in [-0.2, -0.15) is 0 Å². The number of hydrogen-bond acceptors (Lipinski definition) is 5. The fraction of sp³-hybridized carbons (Fsp3) is 0.778. The summed E-state index contributed by atoms with van der Waals surface area (Å²) in [6, 6.07) is 9.47. The zero-order valence-corrected chi connectivity index (χ0v) is 20.5. The standard InChI is InChI=1S/C27H50N2O3/c1-2-3-4-5-6-7-8-9-10-11-12-16-19-26(31)27(32)25(28)23-29(20-21-30)22-24-17-14-13-15-18-24/h13-15,17-18,25-27,30-32H,2-12,16,19-23,28H2,1H3/t25-,26+,27-/m0/s1. The maximum atomic E-state index is 10.5. The molecule has 0 saturated heterocycles. The maximum Gasteiger partial charge on any atom is 0.0961 e. The first kappa shape index (κ1) is 29.1. The van der Waals surface area contributed by atoms with Crippen molar-refractivity contribution in [3.05, 3.63) is 35.9 Å². The molecule has 32 heavy (non-hydrogen) atoms. The lowest BCUT2D eigenvalue weighted by molar-refractivity contribution is -0.00945. The van der Waals surface area contributed by atoms with Crippen molar-refractivity contribution in [3.63, 3.8) is 0 Å². The first-order chi connectivity index (χ1) is 15.6. The molecule has 0 aliphatic rings. The van der Waals surface area contributed by atoms with E-state index in [1.807, 2.05) is 35.2 Å². The molecule has 5 heteroatoms. The van der Waals surface area contributed by atoms with E-state index in [9.17, 15) is 15.3 Å². The van der Waals surface area contributed by atoms with Crippen LogP contribution in [0.4, 0.5) is 0 Å². The number of hydrogen-bond donors (Lipinski definition) is 4. The van der Waals surface area contributed by atoms with Crippen LogP contribution in [0.15, 0.2) is 30.3 Å². The Morgan fingerprint density at radius 2 is 1.34 bits per heavy atom. The lowest BCUT2D eigenvalue weighted by Gasteiger charge is -2.29. The van der Waals surface area contributed by atoms with Gasteiger partial charge in [-0.15, -0.1) is 0 Å². The van der Waals surface area contributed by atoms with Crippen molar-refractivity contribution in [1.82, 2.24) is 4.90 Å². The molecule has 0 bridgehead atoms. The second-order valence-corrected chi connectivity index (χ2v) is 9.34. The summed E-state index contributed by atoms with van der Waals surface area (Å²) < 4.78 is 0. The third kappa shape index (κ3) is 14.2. The average Bonchev–Trinajstić information content (AvgIpc) is 2.80. The summed E-state index contributed by atoms with van der Waals surface area (Å²) in [5, 5.41) is 30.2. The van der Waals surface area contributed by atoms with Gasteiger partial charge < -0.3 is 21.1 Å². The van der Waals surface area contributed by atoms with Crippen LogP contribution in [0.3, 0.4) is 0 Å². The average molecular weight is 451 g/mol. The molecule has 3 atom stereocenters. The topological polar surface area (TPSA) is 90.0 Å². The summed E-state index contributed by atoms with van der Waals surface area (Å²) in [7, 11) is 0. The van der Waals surface area contributed by atoms with Gasteiger partial charge in [-0.05, 0) is 12.0 Å². The van der Waals surface area contributed by atoms with Gasteiger partial charge in [0.15, 0.2) is 0 Å². The second-order valence-electron chi connectivity index (χ2n) is 9.34. The smallest absolute Gasteiger partial charge is 0.0961 e. The van der Waals surface area contributed by atoms with Gasteiger partial charge in [-0.3, -0.25) is 4.90 Å². The highest BCUT2D eigenvalue weighted by Crippen LogP contribution is 2.15. The van der Waals surface area contributed by atoms with E-state index in [1.165, 1.54) is 64.2 Å². The van der Waals surface area contributed by atoms with Crippen LogP contribution in [-0.2, 0) is 6.54 Å². The number of aliphatic hydroxyl groups excluding tert-OH is 3. The summed E-state index contributed by atoms with van der Waals surface area (Å²) >= 11 is 0. The van der Waals surface area contributed by atoms with Crippen LogP contribution in [0, 0.1) is 0 Å². The SMILES string of the molecule is CCCCCCCCCCCCCC[C@@H](O)[C@@H](O)[C@@H](N)CN(CCO)Cc1ccccc1. The molecule has 0 amide bonds. The second kappa shape index (κ2) is 19.5. The Kier molecular flexibility index (Phi) is 17.7. The van der Waals surface area contributed by atoms with Crippen LogP contribution in [0.2, 0.25) is 0 Å². The number of nitrogens with two attached hydrogens (primary N) is 1. The van der Waals surface area contributed by atoms with E-state index in [2.05, 4.69) is 6.92 Å². The fourth-order valence-corrected chi connectivity index (χ4v) is 4.27. The summed E-state index contributed by atoms with van der Waals surface area (Å²) in [4.78, 5) is 2.03. The molecule has 5 nitrogen and oxygen atoms in total. The molecule has 0 saturated carbocycles. The Morgan fingerprint density at radius 3 is 1.88 bits per heavy atom. The molecule has 0 aliphatic heterocycles. The lowest BCUT2D eigenvalue weighted by Crippen LogP contribution is -2.50. The van der Waals surface area contributed by atoms with Gasteiger partial charge >= 0.3 is 0 Å². The van der Waals surface area contributed by atoms with E-state index >= 15 is 0 Å². The van der Waals surface area contributed by atoms with Gasteiger partial charge in [0.2, 0.25) is 0 Å². The highest BCUT2D eigenvalue weighted by Gasteiger charge is 2.25. The van der Waals surface area contributed by atoms with Crippen molar-refractivity contribution >= 4 is 0 Å². The predicted molar refractivity (Wildman–Crippen MR) is 134 cm³/mol. The van der Waals surface area contributed by atoms with E-state index in [-0.39, 0.29) is 6.61 Å². The van der Waals surface area contributed by atoms with Gasteiger partial charge in [0.25, 0.3) is 0 Å². The number of benzene rings is 1. The normalized spacial score (nSPS) is 14.6. The molecule has 0 unspecified atom stereocenters. The zero-order chi connectivity index (χ0) is 23.4. The maximum absolute atomic E-state index is 10.5. The van der Waals surface area contributed by atoms with Crippen molar-refractivity contribution in [3.8, 4) is 0 Å². The highest BCUT2D eigenvalue weighted by atomic mass is 16.3. The first-order valence-corrected chi connectivity index (χ1v) is 13.1. The molecule has 186 valence electrons. The summed E-state index contributed by atoms with van der Waals surface area (Å²) in [5.74, 6) is 0. The summed E-state index contributed by atoms with van der Waals surface area (Å²) in [6.07, 6.45) is 14.2. The van der Waals surface area contributed by atoms with Gasteiger partial charge in [0.05, 0.1) is 18.8 Å². The van der Waals surface area contributed by atoms with Crippen LogP contribution in [0.5, 0.6) is 0 Å². The van der Waals surface area contributed by atoms with Crippen LogP contribution in [0.25, 0.3) is 0 Å². The van der Waals surface area contributed by atoms with Crippen LogP contribution in [-0.4, -0.2) is 58.2 Å². The number of nitrogens with zero attached hydrogens (tertiary/aromatic N) is 1. The van der Waals surface area contributed by atoms with E-state index < -0.39 is 18.2 Å². The molecule has 1 aromatic rings. The van der Waals surface area contributed by atoms with Gasteiger partial charge in [0.1, 0.15) is 0 Å². The molecule has 0 spiro atoms. The Labute approximate surface area is 197 Å². The van der Waals surface area contributed by atoms with Crippen LogP contribution < -0.4 is 5.73 Å². The quantitative estimate of drug-likeness (QED) is 0.205. The molecular weight excluding hydrogens is 400 g/mol. The van der Waals surface area contributed by atoms with E-state index in [0.717, 1.165) is 18.4 Å². The van der Waals surface area contributed by atoms with Gasteiger partial charge in [-0.1, -0.05) is 114 Å². The van der Waals surface area contributed by atoms with Crippen molar-refractivity contribution in [2.24, 2.45) is 5.73 Å². The number of aliphatic hydroxyl groups is 3. The Hall–Kier alpha value is -0.980. The minimum atomic E-state index is -0.945. The molecule has 1 rings (SSSR count). The third-order valence-corrected chi connectivity index (χ3v) is 6.32. The zero-order valence-electron chi connectivity index (χ0n) is 20.5. The van der Waals surface area contributed by atoms with Crippen molar-refractivity contribution < 1.29 is 15.3 Å². The Morgan fingerprint density at radius 1 is 0.812 bits per heavy atom. The largest absolute Gasteiger partial charge is 0.395 e. The third-order valence-electron chi connectivity index (χ3n) is 6.32. The molecule has 0 radical (unpaired) electrons. The first-order valence-electron chi connectivity index (χ1n) is 13.1. The molecule has 1 aromatic carbocycles. The van der Waals surface area contributed by atoms with Crippen molar-refractivity contribution in [2.45, 2.75) is 115 Å². The molecule has 0 heterocycles. The van der Waals surface area contributed by atoms with E-state index in [0.29, 0.717) is 26.1 Å². The molecule has 5 N–H and O–H groups in total. The Balaban J connectivity index is 2.14. The van der Waals surface area contributed by atoms with Crippen molar-refractivity contribution in [1.29, 1.82) is 0 Å². The fourth-order valence-electron chi connectivity index (χ4n) is 4.27. The number of unbranched alkanes of at least 4 members (excludes halogenated alkanes) is 11. The summed E-state index contributed by atoms with van der Waals surface area (Å²) in [5.41, 5.74) is 7.34. The monoisotopic (exact) mass is 450 g/mol. The molecule has 0 aliphatic carbocycles. The summed E-state index contributed by atoms with van der Waals surface area (Å²) in [6.45, 7) is 3.89. The molecule has 0 aromatic heterocycles.